The van der Waals surface area contributed by atoms with Gasteiger partial charge in [-0.25, -0.2) is 0 Å². The van der Waals surface area contributed by atoms with Crippen molar-refractivity contribution in [2.45, 2.75) is 17.6 Å². The highest BCUT2D eigenvalue weighted by molar-refractivity contribution is 8.09. The zero-order valence-electron chi connectivity index (χ0n) is 8.13. The van der Waals surface area contributed by atoms with Gasteiger partial charge in [0.15, 0.2) is 0 Å². The van der Waals surface area contributed by atoms with Crippen molar-refractivity contribution in [3.63, 3.8) is 0 Å². The second-order valence-corrected chi connectivity index (χ2v) is 7.73. The molecule has 0 bridgehead atoms. The molecule has 1 N–H and O–H groups in total. The van der Waals surface area contributed by atoms with Gasteiger partial charge in [0.1, 0.15) is 0 Å². The summed E-state index contributed by atoms with van der Waals surface area (Å²) in [6, 6.07) is 0. The van der Waals surface area contributed by atoms with Crippen LogP contribution in [-0.4, -0.2) is 22.9 Å². The molecule has 0 aliphatic carbocycles. The molecule has 0 radical (unpaired) electrons. The maximum Gasteiger partial charge on any atom is 0.289 e. The summed E-state index contributed by atoms with van der Waals surface area (Å²) in [6.07, 6.45) is 0. The summed E-state index contributed by atoms with van der Waals surface area (Å²) in [7, 11) is 0. The molecule has 4 nitrogen and oxygen atoms in total. The van der Waals surface area contributed by atoms with Gasteiger partial charge >= 0.3 is 0 Å². The summed E-state index contributed by atoms with van der Waals surface area (Å²) < 4.78 is 8.19. The van der Waals surface area contributed by atoms with Gasteiger partial charge in [0, 0.05) is 0 Å². The molecular formula is C6H11Cl3NO3PS. The predicted octanol–water partition coefficient (Wildman–Crippen LogP) is 2.77. The largest absolute Gasteiger partial charge is 0.314 e. The lowest BCUT2D eigenvalue weighted by molar-refractivity contribution is -0.118. The summed E-state index contributed by atoms with van der Waals surface area (Å²) in [6.45, 7) is 1.16. The van der Waals surface area contributed by atoms with Gasteiger partial charge in [0.2, 0.25) is 0 Å². The molecule has 0 aromatic rings. The van der Waals surface area contributed by atoms with Crippen molar-refractivity contribution in [2.24, 2.45) is 0 Å². The molecule has 0 saturated heterocycles. The molecule has 90 valence electrons. The zero-order valence-corrected chi connectivity index (χ0v) is 12.1. The predicted molar refractivity (Wildman–Crippen MR) is 66.0 cm³/mol. The molecule has 0 fully saturated rings. The third-order valence-corrected chi connectivity index (χ3v) is 4.19. The fraction of sp³-hybridized carbons (Fsp3) is 0.833. The highest BCUT2D eigenvalue weighted by Gasteiger charge is 2.35. The van der Waals surface area contributed by atoms with Crippen LogP contribution >= 0.6 is 41.4 Å². The maximum atomic E-state index is 11.3. The van der Waals surface area contributed by atoms with E-state index < -0.39 is 16.3 Å². The number of rotatable bonds is 5. The second kappa shape index (κ2) is 6.60. The smallest absolute Gasteiger partial charge is 0.289 e. The number of amides is 1. The maximum absolute atomic E-state index is 11.3. The van der Waals surface area contributed by atoms with Gasteiger partial charge in [-0.05, 0) is 25.7 Å². The normalized spacial score (nSPS) is 12.6. The lowest BCUT2D eigenvalue weighted by Gasteiger charge is -2.23. The van der Waals surface area contributed by atoms with Crippen molar-refractivity contribution in [1.29, 1.82) is 0 Å². The molecule has 1 amide bonds. The summed E-state index contributed by atoms with van der Waals surface area (Å²) in [5.41, 5.74) is 0. The molecule has 0 aliphatic heterocycles. The van der Waals surface area contributed by atoms with E-state index in [2.05, 4.69) is 5.09 Å². The van der Waals surface area contributed by atoms with E-state index in [4.69, 9.17) is 55.7 Å². The Morgan fingerprint density at radius 2 is 1.73 bits per heavy atom. The van der Waals surface area contributed by atoms with E-state index in [1.54, 1.807) is 13.8 Å². The average Bonchev–Trinajstić information content (AvgIpc) is 2.02. The van der Waals surface area contributed by atoms with E-state index in [1.165, 1.54) is 0 Å². The number of alkyl halides is 3. The number of carbonyl (C=O) groups excluding carboxylic acids is 1. The fourth-order valence-corrected chi connectivity index (χ4v) is 3.15. The van der Waals surface area contributed by atoms with Crippen LogP contribution in [-0.2, 0) is 25.6 Å². The zero-order chi connectivity index (χ0) is 12.1. The van der Waals surface area contributed by atoms with Gasteiger partial charge in [0.25, 0.3) is 16.3 Å². The minimum absolute atomic E-state index is 0.303. The molecule has 15 heavy (non-hydrogen) atoms. The number of hydrogen-bond donors (Lipinski definition) is 1. The number of carbonyl (C=O) groups is 1. The van der Waals surface area contributed by atoms with Crippen molar-refractivity contribution >= 4 is 59.2 Å². The molecular weight excluding hydrogens is 303 g/mol. The molecule has 0 aromatic carbocycles. The Morgan fingerprint density at radius 3 is 2.00 bits per heavy atom. The lowest BCUT2D eigenvalue weighted by atomic mass is 10.7. The first-order chi connectivity index (χ1) is 6.75. The van der Waals surface area contributed by atoms with Crippen LogP contribution in [0.15, 0.2) is 0 Å². The van der Waals surface area contributed by atoms with Gasteiger partial charge in [-0.2, -0.15) is 0 Å². The molecule has 0 rings (SSSR count). The molecule has 9 heteroatoms. The number of hydrogen-bond acceptors (Lipinski definition) is 4. The average molecular weight is 315 g/mol. The van der Waals surface area contributed by atoms with Crippen LogP contribution in [0.25, 0.3) is 0 Å². The van der Waals surface area contributed by atoms with Gasteiger partial charge < -0.3 is 9.05 Å². The Morgan fingerprint density at radius 1 is 1.33 bits per heavy atom. The SMILES string of the molecule is CCOP(=S)(NC(=O)C(Cl)(Cl)Cl)OCC. The highest BCUT2D eigenvalue weighted by atomic mass is 35.6. The standard InChI is InChI=1S/C6H11Cl3NO3PS/c1-3-12-14(15,13-4-2)10-5(11)6(7,8)9/h3-4H2,1-2H3,(H,10,11,15). The first-order valence-corrected chi connectivity index (χ1v) is 7.81. The summed E-state index contributed by atoms with van der Waals surface area (Å²) in [5.74, 6) is -0.849. The first-order valence-electron chi connectivity index (χ1n) is 4.03. The third-order valence-electron chi connectivity index (χ3n) is 1.09. The van der Waals surface area contributed by atoms with Crippen molar-refractivity contribution < 1.29 is 13.8 Å². The monoisotopic (exact) mass is 313 g/mol. The minimum atomic E-state index is -2.89. The van der Waals surface area contributed by atoms with E-state index >= 15 is 0 Å². The highest BCUT2D eigenvalue weighted by Crippen LogP contribution is 2.45. The summed E-state index contributed by atoms with van der Waals surface area (Å²) in [5, 5.41) is 2.28. The molecule has 0 atom stereocenters. The van der Waals surface area contributed by atoms with Crippen molar-refractivity contribution in [2.75, 3.05) is 13.2 Å². The molecule has 0 saturated carbocycles. The van der Waals surface area contributed by atoms with E-state index in [0.29, 0.717) is 13.2 Å². The van der Waals surface area contributed by atoms with Gasteiger partial charge in [-0.3, -0.25) is 9.88 Å². The Bertz CT molecular complexity index is 261. The summed E-state index contributed by atoms with van der Waals surface area (Å²) >= 11 is 21.1. The molecule has 0 aromatic heterocycles. The van der Waals surface area contributed by atoms with Crippen LogP contribution in [0.4, 0.5) is 0 Å². The topological polar surface area (TPSA) is 47.6 Å². The Hall–Kier alpha value is 0.910. The van der Waals surface area contributed by atoms with Crippen molar-refractivity contribution in [1.82, 2.24) is 5.09 Å². The van der Waals surface area contributed by atoms with Gasteiger partial charge in [0.05, 0.1) is 13.2 Å². The third kappa shape index (κ3) is 6.27. The number of nitrogens with one attached hydrogen (secondary N) is 1. The Balaban J connectivity index is 4.55. The van der Waals surface area contributed by atoms with Crippen LogP contribution in [0, 0.1) is 0 Å². The van der Waals surface area contributed by atoms with Crippen molar-refractivity contribution in [3.05, 3.63) is 0 Å². The quantitative estimate of drug-likeness (QED) is 0.626. The Kier molecular flexibility index (Phi) is 7.00. The lowest BCUT2D eigenvalue weighted by Crippen LogP contribution is -2.33. The first kappa shape index (κ1) is 15.9. The number of halogens is 3. The summed E-state index contributed by atoms with van der Waals surface area (Å²) in [4.78, 5) is 11.3. The van der Waals surface area contributed by atoms with Crippen LogP contribution in [0.1, 0.15) is 13.8 Å². The molecule has 0 aliphatic rings. The van der Waals surface area contributed by atoms with Crippen LogP contribution in [0.3, 0.4) is 0 Å². The molecule has 0 heterocycles. The van der Waals surface area contributed by atoms with Crippen LogP contribution in [0.5, 0.6) is 0 Å². The van der Waals surface area contributed by atoms with Gasteiger partial charge in [-0.15, -0.1) is 0 Å². The molecule has 0 unspecified atom stereocenters. The van der Waals surface area contributed by atoms with E-state index in [0.717, 1.165) is 0 Å². The van der Waals surface area contributed by atoms with Crippen molar-refractivity contribution in [3.8, 4) is 0 Å². The van der Waals surface area contributed by atoms with E-state index in [9.17, 15) is 4.79 Å². The van der Waals surface area contributed by atoms with E-state index in [-0.39, 0.29) is 0 Å². The minimum Gasteiger partial charge on any atom is -0.314 e. The molecule has 0 spiro atoms. The fourth-order valence-electron chi connectivity index (χ4n) is 0.629. The van der Waals surface area contributed by atoms with E-state index in [1.807, 2.05) is 0 Å². The van der Waals surface area contributed by atoms with Crippen LogP contribution < -0.4 is 5.09 Å². The Labute approximate surface area is 109 Å². The van der Waals surface area contributed by atoms with Gasteiger partial charge in [-0.1, -0.05) is 34.8 Å². The van der Waals surface area contributed by atoms with Crippen LogP contribution in [0.2, 0.25) is 0 Å². The second-order valence-electron chi connectivity index (χ2n) is 2.27.